The Hall–Kier alpha value is -1.11. The SMILES string of the molecule is Cc1cccc(I)c1C(=O)NCCCCCCC(=O)O. The molecular weight excluding hydrogens is 369 g/mol. The summed E-state index contributed by atoms with van der Waals surface area (Å²) in [6.45, 7) is 2.57. The van der Waals surface area contributed by atoms with E-state index in [2.05, 4.69) is 27.9 Å². The number of hydrogen-bond donors (Lipinski definition) is 2. The molecule has 0 aliphatic heterocycles. The molecular formula is C15H20INO3. The minimum atomic E-state index is -0.743. The van der Waals surface area contributed by atoms with Crippen molar-refractivity contribution in [2.24, 2.45) is 0 Å². The van der Waals surface area contributed by atoms with E-state index in [9.17, 15) is 9.59 Å². The molecule has 0 bridgehead atoms. The first kappa shape index (κ1) is 16.9. The molecule has 0 spiro atoms. The van der Waals surface area contributed by atoms with Crippen molar-refractivity contribution in [1.29, 1.82) is 0 Å². The minimum absolute atomic E-state index is 0.0296. The van der Waals surface area contributed by atoms with Gasteiger partial charge in [0.15, 0.2) is 0 Å². The molecule has 1 aromatic rings. The fourth-order valence-electron chi connectivity index (χ4n) is 1.96. The minimum Gasteiger partial charge on any atom is -0.481 e. The molecule has 1 aromatic carbocycles. The standard InChI is InChI=1S/C15H20INO3/c1-11-7-6-8-12(16)14(11)15(20)17-10-5-3-2-4-9-13(18)19/h6-8H,2-5,9-10H2,1H3,(H,17,20)(H,18,19). The number of unbranched alkanes of at least 4 members (excludes halogenated alkanes) is 3. The summed E-state index contributed by atoms with van der Waals surface area (Å²) in [5.41, 5.74) is 1.73. The Morgan fingerprint density at radius 2 is 1.90 bits per heavy atom. The highest BCUT2D eigenvalue weighted by atomic mass is 127. The van der Waals surface area contributed by atoms with E-state index in [1.54, 1.807) is 0 Å². The van der Waals surface area contributed by atoms with Crippen molar-refractivity contribution in [3.63, 3.8) is 0 Å². The van der Waals surface area contributed by atoms with E-state index < -0.39 is 5.97 Å². The molecule has 110 valence electrons. The number of carbonyl (C=O) groups is 2. The van der Waals surface area contributed by atoms with Gasteiger partial charge in [0.25, 0.3) is 5.91 Å². The first-order chi connectivity index (χ1) is 9.52. The predicted molar refractivity (Wildman–Crippen MR) is 87.0 cm³/mol. The molecule has 0 radical (unpaired) electrons. The second-order valence-corrected chi connectivity index (χ2v) is 5.91. The zero-order valence-electron chi connectivity index (χ0n) is 11.6. The number of carbonyl (C=O) groups excluding carboxylic acids is 1. The van der Waals surface area contributed by atoms with Gasteiger partial charge in [-0.2, -0.15) is 0 Å². The van der Waals surface area contributed by atoms with Crippen molar-refractivity contribution >= 4 is 34.5 Å². The first-order valence-corrected chi connectivity index (χ1v) is 7.85. The third kappa shape index (κ3) is 5.90. The average molecular weight is 389 g/mol. The van der Waals surface area contributed by atoms with E-state index in [0.29, 0.717) is 13.0 Å². The topological polar surface area (TPSA) is 66.4 Å². The summed E-state index contributed by atoms with van der Waals surface area (Å²) in [4.78, 5) is 22.4. The van der Waals surface area contributed by atoms with Gasteiger partial charge in [-0.3, -0.25) is 9.59 Å². The van der Waals surface area contributed by atoms with E-state index in [0.717, 1.165) is 34.0 Å². The number of aryl methyl sites for hydroxylation is 1. The molecule has 1 rings (SSSR count). The smallest absolute Gasteiger partial charge is 0.303 e. The second-order valence-electron chi connectivity index (χ2n) is 4.75. The van der Waals surface area contributed by atoms with E-state index in [-0.39, 0.29) is 12.3 Å². The number of nitrogens with one attached hydrogen (secondary N) is 1. The molecule has 2 N–H and O–H groups in total. The van der Waals surface area contributed by atoms with Crippen LogP contribution in [0.2, 0.25) is 0 Å². The van der Waals surface area contributed by atoms with Gasteiger partial charge in [-0.15, -0.1) is 0 Å². The summed E-state index contributed by atoms with van der Waals surface area (Å²) in [6.07, 6.45) is 3.66. The Morgan fingerprint density at radius 1 is 1.20 bits per heavy atom. The van der Waals surface area contributed by atoms with Crippen LogP contribution in [0.25, 0.3) is 0 Å². The number of carboxylic acid groups (broad SMARTS) is 1. The summed E-state index contributed by atoms with van der Waals surface area (Å²) in [5, 5.41) is 11.4. The number of aliphatic carboxylic acids is 1. The Labute approximate surface area is 133 Å². The highest BCUT2D eigenvalue weighted by molar-refractivity contribution is 14.1. The summed E-state index contributed by atoms with van der Waals surface area (Å²) in [5.74, 6) is -0.773. The van der Waals surface area contributed by atoms with Gasteiger partial charge >= 0.3 is 5.97 Å². The molecule has 5 heteroatoms. The number of amides is 1. The van der Waals surface area contributed by atoms with Gasteiger partial charge in [-0.05, 0) is 54.0 Å². The molecule has 4 nitrogen and oxygen atoms in total. The normalized spacial score (nSPS) is 10.3. The van der Waals surface area contributed by atoms with Gasteiger partial charge < -0.3 is 10.4 Å². The van der Waals surface area contributed by atoms with Crippen LogP contribution in [0.3, 0.4) is 0 Å². The van der Waals surface area contributed by atoms with Gasteiger partial charge in [-0.1, -0.05) is 25.0 Å². The zero-order chi connectivity index (χ0) is 15.0. The average Bonchev–Trinajstić information content (AvgIpc) is 2.37. The van der Waals surface area contributed by atoms with E-state index in [4.69, 9.17) is 5.11 Å². The van der Waals surface area contributed by atoms with Crippen LogP contribution in [-0.4, -0.2) is 23.5 Å². The van der Waals surface area contributed by atoms with Gasteiger partial charge in [0.1, 0.15) is 0 Å². The highest BCUT2D eigenvalue weighted by Gasteiger charge is 2.11. The van der Waals surface area contributed by atoms with Crippen LogP contribution < -0.4 is 5.32 Å². The Kier molecular flexibility index (Phi) is 7.58. The van der Waals surface area contributed by atoms with E-state index in [1.807, 2.05) is 25.1 Å². The lowest BCUT2D eigenvalue weighted by Crippen LogP contribution is -2.26. The van der Waals surface area contributed by atoms with Crippen molar-refractivity contribution in [3.8, 4) is 0 Å². The number of benzene rings is 1. The molecule has 0 unspecified atom stereocenters. The van der Waals surface area contributed by atoms with E-state index >= 15 is 0 Å². The maximum Gasteiger partial charge on any atom is 0.303 e. The van der Waals surface area contributed by atoms with Crippen molar-refractivity contribution in [2.45, 2.75) is 39.0 Å². The maximum atomic E-state index is 12.1. The van der Waals surface area contributed by atoms with E-state index in [1.165, 1.54) is 0 Å². The fourth-order valence-corrected chi connectivity index (χ4v) is 2.84. The van der Waals surface area contributed by atoms with Crippen LogP contribution >= 0.6 is 22.6 Å². The number of carboxylic acids is 1. The van der Waals surface area contributed by atoms with Crippen molar-refractivity contribution < 1.29 is 14.7 Å². The van der Waals surface area contributed by atoms with Crippen LogP contribution in [0.5, 0.6) is 0 Å². The Morgan fingerprint density at radius 3 is 2.55 bits per heavy atom. The number of halogens is 1. The van der Waals surface area contributed by atoms with Crippen molar-refractivity contribution in [3.05, 3.63) is 32.9 Å². The molecule has 0 saturated carbocycles. The van der Waals surface area contributed by atoms with Crippen LogP contribution in [0.1, 0.15) is 48.0 Å². The monoisotopic (exact) mass is 389 g/mol. The van der Waals surface area contributed by atoms with Gasteiger partial charge in [0, 0.05) is 16.5 Å². The predicted octanol–water partition coefficient (Wildman–Crippen LogP) is 3.36. The van der Waals surface area contributed by atoms with Crippen molar-refractivity contribution in [2.75, 3.05) is 6.54 Å². The second kappa shape index (κ2) is 8.94. The highest BCUT2D eigenvalue weighted by Crippen LogP contribution is 2.16. The molecule has 0 atom stereocenters. The largest absolute Gasteiger partial charge is 0.481 e. The number of rotatable bonds is 8. The van der Waals surface area contributed by atoms with Crippen LogP contribution in [0, 0.1) is 10.5 Å². The Balaban J connectivity index is 2.25. The van der Waals surface area contributed by atoms with Gasteiger partial charge in [0.05, 0.1) is 5.56 Å². The number of hydrogen-bond acceptors (Lipinski definition) is 2. The molecule has 0 aromatic heterocycles. The first-order valence-electron chi connectivity index (χ1n) is 6.77. The molecule has 0 fully saturated rings. The quantitative estimate of drug-likeness (QED) is 0.529. The van der Waals surface area contributed by atoms with Crippen molar-refractivity contribution in [1.82, 2.24) is 5.32 Å². The summed E-state index contributed by atoms with van der Waals surface area (Å²) < 4.78 is 0.960. The zero-order valence-corrected chi connectivity index (χ0v) is 13.8. The van der Waals surface area contributed by atoms with Crippen LogP contribution in [0.4, 0.5) is 0 Å². The molecule has 0 aliphatic carbocycles. The Bertz CT molecular complexity index is 454. The molecule has 0 aliphatic rings. The van der Waals surface area contributed by atoms with Crippen LogP contribution in [0.15, 0.2) is 18.2 Å². The van der Waals surface area contributed by atoms with Gasteiger partial charge in [0.2, 0.25) is 0 Å². The fraction of sp³-hybridized carbons (Fsp3) is 0.467. The molecule has 1 amide bonds. The maximum absolute atomic E-state index is 12.1. The summed E-state index contributed by atoms with van der Waals surface area (Å²) in [6, 6.07) is 5.80. The molecule has 0 saturated heterocycles. The third-order valence-corrected chi connectivity index (χ3v) is 3.95. The lowest BCUT2D eigenvalue weighted by Gasteiger charge is -2.09. The summed E-state index contributed by atoms with van der Waals surface area (Å²) in [7, 11) is 0. The third-order valence-electron chi connectivity index (χ3n) is 3.05. The van der Waals surface area contributed by atoms with Crippen LogP contribution in [-0.2, 0) is 4.79 Å². The lowest BCUT2D eigenvalue weighted by molar-refractivity contribution is -0.137. The van der Waals surface area contributed by atoms with Gasteiger partial charge in [-0.25, -0.2) is 0 Å². The lowest BCUT2D eigenvalue weighted by atomic mass is 10.1. The molecule has 0 heterocycles. The summed E-state index contributed by atoms with van der Waals surface area (Å²) >= 11 is 2.17. The molecule has 20 heavy (non-hydrogen) atoms.